The number of alkyl halides is 3. The number of ether oxygens (including phenoxy) is 1. The Morgan fingerprint density at radius 3 is 2.39 bits per heavy atom. The number of aryl methyl sites for hydroxylation is 1. The Morgan fingerprint density at radius 2 is 1.75 bits per heavy atom. The van der Waals surface area contributed by atoms with Crippen LogP contribution in [0, 0.1) is 0 Å². The van der Waals surface area contributed by atoms with Crippen LogP contribution in [-0.4, -0.2) is 46.7 Å². The standard InChI is InChI=1S/C20H18F3N3O2/c1-25-16-4-2-3-15(17(16)24-19(25)20(21,22)23)13-5-7-14(8-6-13)18(27)26-9-11-28-12-10-26/h2-8H,9-12H2,1H3. The Hall–Kier alpha value is -2.87. The molecule has 0 spiro atoms. The van der Waals surface area contributed by atoms with Crippen molar-refractivity contribution >= 4 is 16.9 Å². The number of rotatable bonds is 2. The summed E-state index contributed by atoms with van der Waals surface area (Å²) in [7, 11) is 1.35. The van der Waals surface area contributed by atoms with Crippen LogP contribution >= 0.6 is 0 Å². The summed E-state index contributed by atoms with van der Waals surface area (Å²) in [6.45, 7) is 2.14. The van der Waals surface area contributed by atoms with E-state index >= 15 is 0 Å². The Labute approximate surface area is 159 Å². The van der Waals surface area contributed by atoms with E-state index in [0.717, 1.165) is 4.57 Å². The fourth-order valence-electron chi connectivity index (χ4n) is 3.44. The van der Waals surface area contributed by atoms with E-state index in [-0.39, 0.29) is 11.4 Å². The fourth-order valence-corrected chi connectivity index (χ4v) is 3.44. The molecule has 1 aliphatic rings. The van der Waals surface area contributed by atoms with E-state index in [0.29, 0.717) is 48.5 Å². The number of halogens is 3. The van der Waals surface area contributed by atoms with Gasteiger partial charge in [0.25, 0.3) is 5.91 Å². The Kier molecular flexibility index (Phi) is 4.58. The van der Waals surface area contributed by atoms with Crippen molar-refractivity contribution in [1.82, 2.24) is 14.5 Å². The van der Waals surface area contributed by atoms with Gasteiger partial charge in [-0.3, -0.25) is 4.79 Å². The van der Waals surface area contributed by atoms with Crippen molar-refractivity contribution < 1.29 is 22.7 Å². The third kappa shape index (κ3) is 3.24. The van der Waals surface area contributed by atoms with Crippen molar-refractivity contribution in [3.63, 3.8) is 0 Å². The molecule has 0 atom stereocenters. The number of hydrogen-bond donors (Lipinski definition) is 0. The molecular weight excluding hydrogens is 371 g/mol. The lowest BCUT2D eigenvalue weighted by molar-refractivity contribution is -0.146. The number of fused-ring (bicyclic) bond motifs is 1. The van der Waals surface area contributed by atoms with Crippen LogP contribution in [-0.2, 0) is 18.0 Å². The van der Waals surface area contributed by atoms with Gasteiger partial charge in [-0.15, -0.1) is 0 Å². The number of hydrogen-bond acceptors (Lipinski definition) is 3. The minimum Gasteiger partial charge on any atom is -0.378 e. The van der Waals surface area contributed by atoms with E-state index in [1.165, 1.54) is 7.05 Å². The molecule has 0 bridgehead atoms. The van der Waals surface area contributed by atoms with E-state index in [1.54, 1.807) is 47.4 Å². The van der Waals surface area contributed by atoms with Crippen molar-refractivity contribution in [3.8, 4) is 11.1 Å². The molecule has 28 heavy (non-hydrogen) atoms. The van der Waals surface area contributed by atoms with E-state index in [2.05, 4.69) is 4.98 Å². The largest absolute Gasteiger partial charge is 0.449 e. The summed E-state index contributed by atoms with van der Waals surface area (Å²) in [5.41, 5.74) is 2.52. The summed E-state index contributed by atoms with van der Waals surface area (Å²) in [6.07, 6.45) is -4.53. The second-order valence-corrected chi connectivity index (χ2v) is 6.65. The zero-order chi connectivity index (χ0) is 19.9. The molecular formula is C20H18F3N3O2. The maximum atomic E-state index is 13.2. The fraction of sp³-hybridized carbons (Fsp3) is 0.300. The molecule has 1 fully saturated rings. The van der Waals surface area contributed by atoms with E-state index in [9.17, 15) is 18.0 Å². The summed E-state index contributed by atoms with van der Waals surface area (Å²) in [6, 6.07) is 11.9. The Bertz CT molecular complexity index is 1020. The monoisotopic (exact) mass is 389 g/mol. The van der Waals surface area contributed by atoms with Gasteiger partial charge in [0, 0.05) is 31.3 Å². The van der Waals surface area contributed by atoms with Gasteiger partial charge < -0.3 is 14.2 Å². The van der Waals surface area contributed by atoms with Crippen molar-refractivity contribution in [1.29, 1.82) is 0 Å². The van der Waals surface area contributed by atoms with Gasteiger partial charge in [-0.05, 0) is 23.8 Å². The van der Waals surface area contributed by atoms with Gasteiger partial charge in [0.15, 0.2) is 0 Å². The molecule has 146 valence electrons. The van der Waals surface area contributed by atoms with Gasteiger partial charge in [0.1, 0.15) is 0 Å². The summed E-state index contributed by atoms with van der Waals surface area (Å²) >= 11 is 0. The van der Waals surface area contributed by atoms with Crippen LogP contribution in [0.5, 0.6) is 0 Å². The van der Waals surface area contributed by atoms with E-state index < -0.39 is 12.0 Å². The summed E-state index contributed by atoms with van der Waals surface area (Å²) in [4.78, 5) is 18.1. The molecule has 1 saturated heterocycles. The van der Waals surface area contributed by atoms with Gasteiger partial charge in [-0.25, -0.2) is 4.98 Å². The number of imidazole rings is 1. The molecule has 0 unspecified atom stereocenters. The maximum Gasteiger partial charge on any atom is 0.449 e. The number of amides is 1. The second-order valence-electron chi connectivity index (χ2n) is 6.65. The smallest absolute Gasteiger partial charge is 0.378 e. The van der Waals surface area contributed by atoms with Crippen LogP contribution in [0.4, 0.5) is 13.2 Å². The van der Waals surface area contributed by atoms with Gasteiger partial charge in [-0.2, -0.15) is 13.2 Å². The van der Waals surface area contributed by atoms with Crippen molar-refractivity contribution in [3.05, 3.63) is 53.9 Å². The number of benzene rings is 2. The van der Waals surface area contributed by atoms with Crippen molar-refractivity contribution in [2.75, 3.05) is 26.3 Å². The molecule has 5 nitrogen and oxygen atoms in total. The molecule has 0 N–H and O–H groups in total. The number of carbonyl (C=O) groups excluding carboxylic acids is 1. The lowest BCUT2D eigenvalue weighted by Crippen LogP contribution is -2.40. The molecule has 1 aliphatic heterocycles. The first kappa shape index (κ1) is 18.5. The molecule has 0 saturated carbocycles. The Balaban J connectivity index is 1.69. The first-order valence-electron chi connectivity index (χ1n) is 8.86. The average molecular weight is 389 g/mol. The molecule has 3 aromatic rings. The number of nitrogens with zero attached hydrogens (tertiary/aromatic N) is 3. The third-order valence-corrected chi connectivity index (χ3v) is 4.91. The highest BCUT2D eigenvalue weighted by Gasteiger charge is 2.37. The third-order valence-electron chi connectivity index (χ3n) is 4.91. The maximum absolute atomic E-state index is 13.2. The average Bonchev–Trinajstić information content (AvgIpc) is 3.05. The summed E-state index contributed by atoms with van der Waals surface area (Å²) < 4.78 is 45.9. The normalized spacial score (nSPS) is 15.2. The van der Waals surface area contributed by atoms with Gasteiger partial charge in [-0.1, -0.05) is 24.3 Å². The lowest BCUT2D eigenvalue weighted by atomic mass is 10.0. The minimum absolute atomic E-state index is 0.0785. The molecule has 0 aliphatic carbocycles. The van der Waals surface area contributed by atoms with Crippen LogP contribution in [0.15, 0.2) is 42.5 Å². The van der Waals surface area contributed by atoms with Crippen molar-refractivity contribution in [2.45, 2.75) is 6.18 Å². The van der Waals surface area contributed by atoms with Crippen LogP contribution in [0.1, 0.15) is 16.2 Å². The lowest BCUT2D eigenvalue weighted by Gasteiger charge is -2.26. The Morgan fingerprint density at radius 1 is 1.07 bits per heavy atom. The second kappa shape index (κ2) is 6.94. The van der Waals surface area contributed by atoms with Gasteiger partial charge in [0.05, 0.1) is 24.2 Å². The summed E-state index contributed by atoms with van der Waals surface area (Å²) in [5, 5.41) is 0. The van der Waals surface area contributed by atoms with E-state index in [1.807, 2.05) is 0 Å². The molecule has 0 radical (unpaired) electrons. The molecule has 4 rings (SSSR count). The van der Waals surface area contributed by atoms with Crippen LogP contribution in [0.3, 0.4) is 0 Å². The quantitative estimate of drug-likeness (QED) is 0.671. The predicted molar refractivity (Wildman–Crippen MR) is 97.9 cm³/mol. The minimum atomic E-state index is -4.53. The highest BCUT2D eigenvalue weighted by molar-refractivity contribution is 5.96. The highest BCUT2D eigenvalue weighted by Crippen LogP contribution is 2.34. The zero-order valence-electron chi connectivity index (χ0n) is 15.2. The van der Waals surface area contributed by atoms with Crippen molar-refractivity contribution in [2.24, 2.45) is 7.05 Å². The molecule has 1 amide bonds. The molecule has 2 heterocycles. The van der Waals surface area contributed by atoms with Crippen LogP contribution in [0.25, 0.3) is 22.2 Å². The predicted octanol–water partition coefficient (Wildman–Crippen LogP) is 3.73. The zero-order valence-corrected chi connectivity index (χ0v) is 15.2. The van der Waals surface area contributed by atoms with Crippen LogP contribution in [0.2, 0.25) is 0 Å². The summed E-state index contributed by atoms with van der Waals surface area (Å²) in [5.74, 6) is -1.01. The first-order chi connectivity index (χ1) is 13.4. The number of para-hydroxylation sites is 1. The topological polar surface area (TPSA) is 47.4 Å². The SMILES string of the molecule is Cn1c(C(F)(F)F)nc2c(-c3ccc(C(=O)N4CCOCC4)cc3)cccc21. The van der Waals surface area contributed by atoms with Crippen LogP contribution < -0.4 is 0 Å². The molecule has 1 aromatic heterocycles. The van der Waals surface area contributed by atoms with Gasteiger partial charge in [0.2, 0.25) is 5.82 Å². The highest BCUT2D eigenvalue weighted by atomic mass is 19.4. The van der Waals surface area contributed by atoms with Gasteiger partial charge >= 0.3 is 6.18 Å². The molecule has 8 heteroatoms. The van der Waals surface area contributed by atoms with E-state index in [4.69, 9.17) is 4.74 Å². The number of carbonyl (C=O) groups is 1. The molecule has 2 aromatic carbocycles. The number of morpholine rings is 1. The first-order valence-corrected chi connectivity index (χ1v) is 8.86. The number of aromatic nitrogens is 2.